The van der Waals surface area contributed by atoms with Crippen LogP contribution in [0.5, 0.6) is 0 Å². The molecule has 0 bridgehead atoms. The summed E-state index contributed by atoms with van der Waals surface area (Å²) in [7, 11) is 0. The van der Waals surface area contributed by atoms with Gasteiger partial charge in [-0.25, -0.2) is 9.18 Å². The van der Waals surface area contributed by atoms with Crippen molar-refractivity contribution in [2.45, 2.75) is 114 Å². The molecule has 2 heterocycles. The summed E-state index contributed by atoms with van der Waals surface area (Å²) < 4.78 is 33.7. The zero-order valence-electron chi connectivity index (χ0n) is 26.4. The first-order valence-corrected chi connectivity index (χ1v) is 16.3. The van der Waals surface area contributed by atoms with Gasteiger partial charge >= 0.3 is 6.09 Å². The lowest BCUT2D eigenvalue weighted by atomic mass is 9.88. The van der Waals surface area contributed by atoms with Crippen LogP contribution >= 0.6 is 0 Å². The fourth-order valence-electron chi connectivity index (χ4n) is 5.71. The summed E-state index contributed by atoms with van der Waals surface area (Å²) in [5, 5.41) is 13.7. The summed E-state index contributed by atoms with van der Waals surface area (Å²) in [4.78, 5) is 32.6. The van der Waals surface area contributed by atoms with Gasteiger partial charge in [0.25, 0.3) is 0 Å². The SMILES string of the molecule is CCC1(O)C[C@H](C(=O)Nc2cc(C(CCC3CC3)(c3ccccn3)[S@@+]([O-])C(C)(C)C)ccc2F)N(C(=O)OC(C)(C)C)C1. The zero-order chi connectivity index (χ0) is 31.8. The number of nitrogens with one attached hydrogen (secondary N) is 1. The number of benzene rings is 1. The molecule has 236 valence electrons. The molecule has 4 atom stereocenters. The summed E-state index contributed by atoms with van der Waals surface area (Å²) in [6, 6.07) is 8.93. The predicted octanol–water partition coefficient (Wildman–Crippen LogP) is 6.29. The number of likely N-dealkylation sites (tertiary alicyclic amines) is 1. The molecule has 43 heavy (non-hydrogen) atoms. The number of anilines is 1. The smallest absolute Gasteiger partial charge is 0.411 e. The van der Waals surface area contributed by atoms with E-state index in [0.717, 1.165) is 19.3 Å². The Balaban J connectivity index is 1.74. The maximum atomic E-state index is 15.4. The van der Waals surface area contributed by atoms with Crippen molar-refractivity contribution in [2.75, 3.05) is 11.9 Å². The van der Waals surface area contributed by atoms with E-state index in [1.807, 2.05) is 32.9 Å². The number of rotatable bonds is 9. The van der Waals surface area contributed by atoms with Crippen LogP contribution in [0.3, 0.4) is 0 Å². The third kappa shape index (κ3) is 7.52. The molecule has 1 aliphatic heterocycles. The van der Waals surface area contributed by atoms with Crippen LogP contribution in [0.2, 0.25) is 0 Å². The van der Waals surface area contributed by atoms with Crippen molar-refractivity contribution in [2.24, 2.45) is 5.92 Å². The van der Waals surface area contributed by atoms with E-state index in [0.29, 0.717) is 30.0 Å². The Morgan fingerprint density at radius 3 is 2.44 bits per heavy atom. The van der Waals surface area contributed by atoms with Crippen LogP contribution in [0.1, 0.15) is 98.2 Å². The number of carbonyl (C=O) groups is 2. The van der Waals surface area contributed by atoms with E-state index in [2.05, 4.69) is 10.3 Å². The van der Waals surface area contributed by atoms with Gasteiger partial charge in [0.2, 0.25) is 5.91 Å². The number of hydrogen-bond donors (Lipinski definition) is 2. The highest BCUT2D eigenvalue weighted by Gasteiger charge is 2.53. The number of β-amino-alcohol motifs (C(OH)–C–C–N with tert-alkyl or cyclic N) is 1. The number of amides is 2. The molecule has 1 saturated carbocycles. The molecule has 2 unspecified atom stereocenters. The summed E-state index contributed by atoms with van der Waals surface area (Å²) in [5.74, 6) is -0.744. The Morgan fingerprint density at radius 1 is 1.19 bits per heavy atom. The van der Waals surface area contributed by atoms with E-state index in [1.54, 1.807) is 52.1 Å². The van der Waals surface area contributed by atoms with Crippen molar-refractivity contribution >= 4 is 28.9 Å². The average Bonchev–Trinajstić information content (AvgIpc) is 3.69. The van der Waals surface area contributed by atoms with E-state index in [4.69, 9.17) is 4.74 Å². The van der Waals surface area contributed by atoms with Gasteiger partial charge in [-0.15, -0.1) is 0 Å². The van der Waals surface area contributed by atoms with Gasteiger partial charge in [-0.05, 0) is 95.7 Å². The molecule has 1 saturated heterocycles. The largest absolute Gasteiger partial charge is 0.615 e. The Bertz CT molecular complexity index is 1310. The molecule has 2 fully saturated rings. The van der Waals surface area contributed by atoms with Crippen LogP contribution in [0.4, 0.5) is 14.9 Å². The van der Waals surface area contributed by atoms with E-state index in [1.165, 1.54) is 11.0 Å². The number of aliphatic hydroxyl groups is 1. The third-order valence-electron chi connectivity index (χ3n) is 8.25. The highest BCUT2D eigenvalue weighted by molar-refractivity contribution is 7.93. The van der Waals surface area contributed by atoms with E-state index in [9.17, 15) is 19.2 Å². The lowest BCUT2D eigenvalue weighted by molar-refractivity contribution is -0.120. The van der Waals surface area contributed by atoms with Crippen LogP contribution in [0, 0.1) is 11.7 Å². The average molecular weight is 616 g/mol. The van der Waals surface area contributed by atoms with Crippen molar-refractivity contribution < 1.29 is 28.4 Å². The predicted molar refractivity (Wildman–Crippen MR) is 166 cm³/mol. The fraction of sp³-hybridized carbons (Fsp3) is 0.606. The first kappa shape index (κ1) is 33.2. The first-order chi connectivity index (χ1) is 20.0. The minimum atomic E-state index is -1.49. The number of hydrogen-bond acceptors (Lipinski definition) is 6. The second-order valence-corrected chi connectivity index (χ2v) is 16.5. The van der Waals surface area contributed by atoms with E-state index in [-0.39, 0.29) is 18.7 Å². The highest BCUT2D eigenvalue weighted by atomic mass is 32.2. The van der Waals surface area contributed by atoms with Crippen molar-refractivity contribution in [3.63, 3.8) is 0 Å². The lowest BCUT2D eigenvalue weighted by Gasteiger charge is -2.42. The number of pyridine rings is 1. The molecule has 2 aliphatic rings. The Kier molecular flexibility index (Phi) is 9.55. The van der Waals surface area contributed by atoms with Crippen LogP contribution in [-0.4, -0.2) is 60.1 Å². The Morgan fingerprint density at radius 2 is 1.88 bits per heavy atom. The molecule has 2 N–H and O–H groups in total. The van der Waals surface area contributed by atoms with Gasteiger partial charge in [-0.3, -0.25) is 14.7 Å². The van der Waals surface area contributed by atoms with Gasteiger partial charge < -0.3 is 19.7 Å². The molecule has 0 radical (unpaired) electrons. The van der Waals surface area contributed by atoms with Gasteiger partial charge in [-0.2, -0.15) is 0 Å². The standard InChI is InChI=1S/C33H46FN3O5S/c1-8-32(40)20-26(37(21-32)29(39)42-30(2,3)4)28(38)36-25-19-23(14-15-24(25)34)33(17-16-22-12-13-22,43(41)31(5,6)7)27-11-9-10-18-35-27/h9-11,14-15,18-19,22,26,40H,8,12-13,16-17,20-21H2,1-7H3,(H,36,38)/t26-,32?,33?,43+/m1/s1. The Labute approximate surface area is 258 Å². The summed E-state index contributed by atoms with van der Waals surface area (Å²) in [6.07, 6.45) is 4.93. The number of halogens is 1. The molecule has 1 aliphatic carbocycles. The topological polar surface area (TPSA) is 115 Å². The number of ether oxygens (including phenoxy) is 1. The minimum absolute atomic E-state index is 0.0107. The maximum Gasteiger partial charge on any atom is 0.411 e. The van der Waals surface area contributed by atoms with Gasteiger partial charge in [0.05, 0.1) is 17.8 Å². The second kappa shape index (κ2) is 12.4. The molecular weight excluding hydrogens is 569 g/mol. The molecule has 4 rings (SSSR count). The van der Waals surface area contributed by atoms with E-state index < -0.39 is 55.7 Å². The van der Waals surface area contributed by atoms with Gasteiger partial charge in [0, 0.05) is 24.6 Å². The number of nitrogens with zero attached hydrogens (tertiary/aromatic N) is 2. The summed E-state index contributed by atoms with van der Waals surface area (Å²) in [5.41, 5.74) is -0.940. The number of carbonyl (C=O) groups excluding carboxylic acids is 2. The van der Waals surface area contributed by atoms with Gasteiger partial charge in [0.1, 0.15) is 27.9 Å². The van der Waals surface area contributed by atoms with Crippen molar-refractivity contribution in [1.82, 2.24) is 9.88 Å². The zero-order valence-corrected chi connectivity index (χ0v) is 27.2. The number of aromatic nitrogens is 1. The second-order valence-electron chi connectivity index (χ2n) is 14.0. The molecule has 2 amide bonds. The third-order valence-corrected chi connectivity index (χ3v) is 10.6. The van der Waals surface area contributed by atoms with Gasteiger partial charge in [-0.1, -0.05) is 31.9 Å². The summed E-state index contributed by atoms with van der Waals surface area (Å²) in [6.45, 7) is 12.6. The van der Waals surface area contributed by atoms with Crippen molar-refractivity contribution in [3.05, 3.63) is 59.7 Å². The fourth-order valence-corrected chi connectivity index (χ4v) is 7.71. The van der Waals surface area contributed by atoms with Crippen LogP contribution in [0.15, 0.2) is 42.6 Å². The van der Waals surface area contributed by atoms with Crippen molar-refractivity contribution in [3.8, 4) is 0 Å². The molecule has 2 aromatic rings. The molecule has 0 spiro atoms. The minimum Gasteiger partial charge on any atom is -0.615 e. The van der Waals surface area contributed by atoms with Gasteiger partial charge in [0.15, 0.2) is 4.75 Å². The maximum absolute atomic E-state index is 15.4. The Hall–Kier alpha value is -2.69. The first-order valence-electron chi connectivity index (χ1n) is 15.2. The van der Waals surface area contributed by atoms with E-state index >= 15 is 4.39 Å². The quantitative estimate of drug-likeness (QED) is 0.321. The van der Waals surface area contributed by atoms with Crippen LogP contribution < -0.4 is 5.32 Å². The monoisotopic (exact) mass is 615 g/mol. The normalized spacial score (nSPS) is 23.0. The molecule has 1 aromatic carbocycles. The molecular formula is C33H46FN3O5S. The molecule has 1 aromatic heterocycles. The molecule has 10 heteroatoms. The van der Waals surface area contributed by atoms with Crippen LogP contribution in [0.25, 0.3) is 0 Å². The van der Waals surface area contributed by atoms with Crippen LogP contribution in [-0.2, 0) is 25.5 Å². The summed E-state index contributed by atoms with van der Waals surface area (Å²) >= 11 is -1.49. The highest BCUT2D eigenvalue weighted by Crippen LogP contribution is 2.49. The van der Waals surface area contributed by atoms with Crippen molar-refractivity contribution in [1.29, 1.82) is 0 Å². The molecule has 8 nitrogen and oxygen atoms in total. The lowest BCUT2D eigenvalue weighted by Crippen LogP contribution is -2.47.